The molecule has 1 heterocycles. The molecule has 14 heavy (non-hydrogen) atoms. The van der Waals surface area contributed by atoms with Gasteiger partial charge in [0.05, 0.1) is 12.1 Å². The van der Waals surface area contributed by atoms with E-state index in [2.05, 4.69) is 5.32 Å². The number of rotatable bonds is 3. The molecule has 0 spiro atoms. The molecule has 0 saturated carbocycles. The van der Waals surface area contributed by atoms with Crippen LogP contribution in [0, 0.1) is 0 Å². The van der Waals surface area contributed by atoms with Crippen molar-refractivity contribution in [1.29, 1.82) is 0 Å². The number of amides is 1. The van der Waals surface area contributed by atoms with E-state index in [1.807, 2.05) is 20.8 Å². The Morgan fingerprint density at radius 1 is 1.64 bits per heavy atom. The number of carbonyl (C=O) groups is 1. The van der Waals surface area contributed by atoms with Crippen molar-refractivity contribution in [1.82, 2.24) is 5.32 Å². The first-order valence-electron chi connectivity index (χ1n) is 5.08. The van der Waals surface area contributed by atoms with Crippen LogP contribution in [0.1, 0.15) is 33.6 Å². The zero-order valence-electron chi connectivity index (χ0n) is 9.17. The number of carbonyl (C=O) groups excluding carboxylic acids is 1. The normalized spacial score (nSPS) is 27.7. The van der Waals surface area contributed by atoms with Crippen molar-refractivity contribution in [3.63, 3.8) is 0 Å². The van der Waals surface area contributed by atoms with Crippen LogP contribution in [0.15, 0.2) is 0 Å². The van der Waals surface area contributed by atoms with Gasteiger partial charge in [-0.3, -0.25) is 4.79 Å². The third kappa shape index (κ3) is 3.64. The largest absolute Gasteiger partial charge is 0.376 e. The van der Waals surface area contributed by atoms with Gasteiger partial charge in [-0.1, -0.05) is 0 Å². The number of nitrogens with one attached hydrogen (secondary N) is 1. The highest BCUT2D eigenvalue weighted by Crippen LogP contribution is 2.13. The summed E-state index contributed by atoms with van der Waals surface area (Å²) in [7, 11) is 0. The van der Waals surface area contributed by atoms with Gasteiger partial charge in [-0.25, -0.2) is 0 Å². The Bertz CT molecular complexity index is 211. The van der Waals surface area contributed by atoms with Gasteiger partial charge in [0.2, 0.25) is 5.91 Å². The van der Waals surface area contributed by atoms with Gasteiger partial charge in [0.1, 0.15) is 0 Å². The number of hydrogen-bond acceptors (Lipinski definition) is 3. The molecule has 0 aromatic carbocycles. The summed E-state index contributed by atoms with van der Waals surface area (Å²) in [5.41, 5.74) is 5.32. The molecule has 1 amide bonds. The van der Waals surface area contributed by atoms with E-state index in [-0.39, 0.29) is 18.1 Å². The zero-order valence-corrected chi connectivity index (χ0v) is 9.17. The van der Waals surface area contributed by atoms with Crippen molar-refractivity contribution in [2.45, 2.75) is 51.3 Å². The first-order chi connectivity index (χ1) is 6.38. The fraction of sp³-hybridized carbons (Fsp3) is 0.900. The van der Waals surface area contributed by atoms with E-state index in [1.54, 1.807) is 0 Å². The molecule has 0 aromatic heterocycles. The SMILES string of the molecule is CC1OCCC1NC(=O)CC(C)(C)N. The van der Waals surface area contributed by atoms with Gasteiger partial charge in [-0.15, -0.1) is 0 Å². The van der Waals surface area contributed by atoms with Gasteiger partial charge in [0, 0.05) is 18.6 Å². The summed E-state index contributed by atoms with van der Waals surface area (Å²) in [4.78, 5) is 11.5. The van der Waals surface area contributed by atoms with Gasteiger partial charge in [-0.05, 0) is 27.2 Å². The molecule has 2 unspecified atom stereocenters. The van der Waals surface area contributed by atoms with Crippen LogP contribution in [0.5, 0.6) is 0 Å². The molecule has 82 valence electrons. The minimum absolute atomic E-state index is 0.0138. The lowest BCUT2D eigenvalue weighted by atomic mass is 10.0. The predicted octanol–water partition coefficient (Wildman–Crippen LogP) is 0.407. The van der Waals surface area contributed by atoms with Gasteiger partial charge in [-0.2, -0.15) is 0 Å². The van der Waals surface area contributed by atoms with E-state index in [9.17, 15) is 4.79 Å². The maximum atomic E-state index is 11.5. The van der Waals surface area contributed by atoms with E-state index < -0.39 is 5.54 Å². The van der Waals surface area contributed by atoms with Crippen LogP contribution in [0.2, 0.25) is 0 Å². The first kappa shape index (κ1) is 11.5. The van der Waals surface area contributed by atoms with Gasteiger partial charge in [0.15, 0.2) is 0 Å². The molecule has 3 N–H and O–H groups in total. The Balaban J connectivity index is 2.33. The molecule has 1 saturated heterocycles. The third-order valence-electron chi connectivity index (χ3n) is 2.34. The monoisotopic (exact) mass is 200 g/mol. The number of ether oxygens (including phenoxy) is 1. The van der Waals surface area contributed by atoms with Gasteiger partial charge in [0.25, 0.3) is 0 Å². The molecule has 2 atom stereocenters. The van der Waals surface area contributed by atoms with Crippen molar-refractivity contribution in [2.24, 2.45) is 5.73 Å². The van der Waals surface area contributed by atoms with Crippen molar-refractivity contribution in [2.75, 3.05) is 6.61 Å². The quantitative estimate of drug-likeness (QED) is 0.693. The molecule has 1 aliphatic rings. The summed E-state index contributed by atoms with van der Waals surface area (Å²) in [6.07, 6.45) is 1.38. The molecule has 1 rings (SSSR count). The Morgan fingerprint density at radius 3 is 2.71 bits per heavy atom. The molecule has 0 radical (unpaired) electrons. The van der Waals surface area contributed by atoms with Gasteiger partial charge < -0.3 is 15.8 Å². The minimum atomic E-state index is -0.438. The fourth-order valence-electron chi connectivity index (χ4n) is 1.59. The minimum Gasteiger partial charge on any atom is -0.376 e. The molecule has 4 nitrogen and oxygen atoms in total. The zero-order chi connectivity index (χ0) is 10.8. The highest BCUT2D eigenvalue weighted by atomic mass is 16.5. The Morgan fingerprint density at radius 2 is 2.29 bits per heavy atom. The third-order valence-corrected chi connectivity index (χ3v) is 2.34. The second-order valence-corrected chi connectivity index (χ2v) is 4.70. The van der Waals surface area contributed by atoms with Crippen molar-refractivity contribution < 1.29 is 9.53 Å². The second kappa shape index (κ2) is 4.28. The fourth-order valence-corrected chi connectivity index (χ4v) is 1.59. The summed E-state index contributed by atoms with van der Waals surface area (Å²) in [6.45, 7) is 6.41. The average molecular weight is 200 g/mol. The van der Waals surface area contributed by atoms with E-state index in [1.165, 1.54) is 0 Å². The van der Waals surface area contributed by atoms with E-state index >= 15 is 0 Å². The summed E-state index contributed by atoms with van der Waals surface area (Å²) >= 11 is 0. The highest BCUT2D eigenvalue weighted by Gasteiger charge is 2.27. The highest BCUT2D eigenvalue weighted by molar-refractivity contribution is 5.77. The maximum absolute atomic E-state index is 11.5. The smallest absolute Gasteiger partial charge is 0.222 e. The number of hydrogen-bond donors (Lipinski definition) is 2. The van der Waals surface area contributed by atoms with E-state index in [0.717, 1.165) is 13.0 Å². The molecule has 4 heteroatoms. The van der Waals surface area contributed by atoms with Crippen LogP contribution in [-0.2, 0) is 9.53 Å². The van der Waals surface area contributed by atoms with E-state index in [4.69, 9.17) is 10.5 Å². The first-order valence-corrected chi connectivity index (χ1v) is 5.08. The Kier molecular flexibility index (Phi) is 3.50. The Labute approximate surface area is 85.2 Å². The molecule has 0 bridgehead atoms. The Hall–Kier alpha value is -0.610. The van der Waals surface area contributed by atoms with Crippen molar-refractivity contribution >= 4 is 5.91 Å². The average Bonchev–Trinajstić information content (AvgIpc) is 2.32. The summed E-state index contributed by atoms with van der Waals surface area (Å²) in [5.74, 6) is 0.0138. The molecular weight excluding hydrogens is 180 g/mol. The molecule has 1 fully saturated rings. The molecule has 0 aromatic rings. The van der Waals surface area contributed by atoms with Crippen molar-refractivity contribution in [3.05, 3.63) is 0 Å². The van der Waals surface area contributed by atoms with Crippen LogP contribution >= 0.6 is 0 Å². The van der Waals surface area contributed by atoms with Crippen LogP contribution in [0.3, 0.4) is 0 Å². The molecule has 1 aliphatic heterocycles. The number of nitrogens with two attached hydrogens (primary N) is 1. The maximum Gasteiger partial charge on any atom is 0.222 e. The lowest BCUT2D eigenvalue weighted by molar-refractivity contribution is -0.123. The van der Waals surface area contributed by atoms with Crippen LogP contribution in [0.4, 0.5) is 0 Å². The topological polar surface area (TPSA) is 64.3 Å². The molecule has 0 aliphatic carbocycles. The second-order valence-electron chi connectivity index (χ2n) is 4.70. The molecular formula is C10H20N2O2. The lowest BCUT2D eigenvalue weighted by Crippen LogP contribution is -2.44. The summed E-state index contributed by atoms with van der Waals surface area (Å²) in [6, 6.07) is 0.157. The standard InChI is InChI=1S/C10H20N2O2/c1-7-8(4-5-14-7)12-9(13)6-10(2,3)11/h7-8H,4-6,11H2,1-3H3,(H,12,13). The lowest BCUT2D eigenvalue weighted by Gasteiger charge is -2.21. The summed E-state index contributed by atoms with van der Waals surface area (Å²) in [5, 5.41) is 2.94. The van der Waals surface area contributed by atoms with Crippen LogP contribution in [0.25, 0.3) is 0 Å². The van der Waals surface area contributed by atoms with Crippen molar-refractivity contribution in [3.8, 4) is 0 Å². The summed E-state index contributed by atoms with van der Waals surface area (Å²) < 4.78 is 5.35. The predicted molar refractivity (Wildman–Crippen MR) is 54.8 cm³/mol. The van der Waals surface area contributed by atoms with Gasteiger partial charge >= 0.3 is 0 Å². The van der Waals surface area contributed by atoms with Crippen LogP contribution in [-0.4, -0.2) is 30.2 Å². The van der Waals surface area contributed by atoms with Crippen LogP contribution < -0.4 is 11.1 Å². The van der Waals surface area contributed by atoms with E-state index in [0.29, 0.717) is 6.42 Å².